The van der Waals surface area contributed by atoms with Crippen LogP contribution in [0.3, 0.4) is 0 Å². The average Bonchev–Trinajstić information content (AvgIpc) is 2.89. The molecule has 1 saturated carbocycles. The number of ether oxygens (including phenoxy) is 1. The molecule has 0 atom stereocenters. The molecule has 1 N–H and O–H groups in total. The summed E-state index contributed by atoms with van der Waals surface area (Å²) in [6.45, 7) is 7.29. The van der Waals surface area contributed by atoms with Crippen molar-refractivity contribution in [3.63, 3.8) is 0 Å². The Bertz CT molecular complexity index is 400. The van der Waals surface area contributed by atoms with Gasteiger partial charge in [0, 0.05) is 18.5 Å². The van der Waals surface area contributed by atoms with Gasteiger partial charge in [-0.15, -0.1) is 0 Å². The SMILES string of the molecule is CCCNc1cc(OC2CCCC2)nc(C(C)C)n1. The minimum absolute atomic E-state index is 0.314. The molecule has 1 aromatic rings. The largest absolute Gasteiger partial charge is 0.474 e. The van der Waals surface area contributed by atoms with Crippen LogP contribution in [0.1, 0.15) is 64.6 Å². The van der Waals surface area contributed by atoms with E-state index in [1.807, 2.05) is 6.07 Å². The minimum atomic E-state index is 0.314. The van der Waals surface area contributed by atoms with Crippen molar-refractivity contribution >= 4 is 5.82 Å². The molecule has 4 nitrogen and oxygen atoms in total. The summed E-state index contributed by atoms with van der Waals surface area (Å²) >= 11 is 0. The Morgan fingerprint density at radius 1 is 1.32 bits per heavy atom. The van der Waals surface area contributed by atoms with Crippen LogP contribution in [0.25, 0.3) is 0 Å². The minimum Gasteiger partial charge on any atom is -0.474 e. The van der Waals surface area contributed by atoms with Crippen molar-refractivity contribution in [2.24, 2.45) is 0 Å². The lowest BCUT2D eigenvalue weighted by Crippen LogP contribution is -2.14. The topological polar surface area (TPSA) is 47.0 Å². The molecule has 0 aromatic carbocycles. The first-order chi connectivity index (χ1) is 9.19. The molecule has 4 heteroatoms. The van der Waals surface area contributed by atoms with Crippen LogP contribution in [-0.4, -0.2) is 22.6 Å². The Balaban J connectivity index is 2.12. The Morgan fingerprint density at radius 3 is 2.68 bits per heavy atom. The third-order valence-electron chi connectivity index (χ3n) is 3.38. The van der Waals surface area contributed by atoms with Gasteiger partial charge in [0.1, 0.15) is 17.7 Å². The van der Waals surface area contributed by atoms with Crippen molar-refractivity contribution in [3.05, 3.63) is 11.9 Å². The Kier molecular flexibility index (Phi) is 5.00. The monoisotopic (exact) mass is 263 g/mol. The number of rotatable bonds is 6. The molecule has 106 valence electrons. The highest BCUT2D eigenvalue weighted by molar-refractivity contribution is 5.38. The molecule has 0 unspecified atom stereocenters. The number of nitrogens with zero attached hydrogens (tertiary/aromatic N) is 2. The summed E-state index contributed by atoms with van der Waals surface area (Å²) in [5.41, 5.74) is 0. The van der Waals surface area contributed by atoms with Gasteiger partial charge in [0.2, 0.25) is 5.88 Å². The van der Waals surface area contributed by atoms with Gasteiger partial charge in [0.05, 0.1) is 0 Å². The fourth-order valence-corrected chi connectivity index (χ4v) is 2.28. The normalized spacial score (nSPS) is 16.0. The molecule has 1 aromatic heterocycles. The van der Waals surface area contributed by atoms with Crippen LogP contribution < -0.4 is 10.1 Å². The molecule has 0 spiro atoms. The highest BCUT2D eigenvalue weighted by Crippen LogP contribution is 2.25. The van der Waals surface area contributed by atoms with Crippen LogP contribution in [0.4, 0.5) is 5.82 Å². The summed E-state index contributed by atoms with van der Waals surface area (Å²) in [4.78, 5) is 9.07. The van der Waals surface area contributed by atoms with Gasteiger partial charge < -0.3 is 10.1 Å². The van der Waals surface area contributed by atoms with Gasteiger partial charge in [0.25, 0.3) is 0 Å². The van der Waals surface area contributed by atoms with Crippen molar-refractivity contribution in [2.75, 3.05) is 11.9 Å². The van der Waals surface area contributed by atoms with E-state index in [0.29, 0.717) is 12.0 Å². The van der Waals surface area contributed by atoms with Crippen molar-refractivity contribution in [1.29, 1.82) is 0 Å². The standard InChI is InChI=1S/C15H25N3O/c1-4-9-16-13-10-14(18-15(17-13)11(2)3)19-12-7-5-6-8-12/h10-12H,4-9H2,1-3H3,(H,16,17,18). The second-order valence-electron chi connectivity index (χ2n) is 5.56. The van der Waals surface area contributed by atoms with Crippen LogP contribution in [0.5, 0.6) is 5.88 Å². The summed E-state index contributed by atoms with van der Waals surface area (Å²) in [6, 6.07) is 1.93. The smallest absolute Gasteiger partial charge is 0.219 e. The number of nitrogens with one attached hydrogen (secondary N) is 1. The molecule has 0 aliphatic heterocycles. The van der Waals surface area contributed by atoms with Crippen LogP contribution in [0.2, 0.25) is 0 Å². The maximum absolute atomic E-state index is 6.00. The van der Waals surface area contributed by atoms with E-state index in [-0.39, 0.29) is 0 Å². The van der Waals surface area contributed by atoms with E-state index in [1.54, 1.807) is 0 Å². The van der Waals surface area contributed by atoms with Gasteiger partial charge in [-0.05, 0) is 32.1 Å². The first kappa shape index (κ1) is 14.1. The van der Waals surface area contributed by atoms with Gasteiger partial charge in [-0.3, -0.25) is 0 Å². The lowest BCUT2D eigenvalue weighted by Gasteiger charge is -2.15. The molecule has 1 heterocycles. The lowest BCUT2D eigenvalue weighted by molar-refractivity contribution is 0.200. The van der Waals surface area contributed by atoms with Gasteiger partial charge in [-0.25, -0.2) is 4.98 Å². The quantitative estimate of drug-likeness (QED) is 0.849. The second kappa shape index (κ2) is 6.73. The Morgan fingerprint density at radius 2 is 2.05 bits per heavy atom. The maximum atomic E-state index is 6.00. The molecule has 19 heavy (non-hydrogen) atoms. The van der Waals surface area contributed by atoms with Gasteiger partial charge >= 0.3 is 0 Å². The Labute approximate surface area is 116 Å². The third kappa shape index (κ3) is 4.08. The molecule has 1 fully saturated rings. The second-order valence-corrected chi connectivity index (χ2v) is 5.56. The predicted octanol–water partition coefficient (Wildman–Crippen LogP) is 3.74. The summed E-state index contributed by atoms with van der Waals surface area (Å²) in [7, 11) is 0. The fourth-order valence-electron chi connectivity index (χ4n) is 2.28. The highest BCUT2D eigenvalue weighted by Gasteiger charge is 2.18. The lowest BCUT2D eigenvalue weighted by atomic mass is 10.2. The van der Waals surface area contributed by atoms with E-state index in [1.165, 1.54) is 12.8 Å². The number of hydrogen-bond donors (Lipinski definition) is 1. The van der Waals surface area contributed by atoms with E-state index in [4.69, 9.17) is 4.74 Å². The summed E-state index contributed by atoms with van der Waals surface area (Å²) < 4.78 is 6.00. The summed E-state index contributed by atoms with van der Waals surface area (Å²) in [5.74, 6) is 2.78. The zero-order valence-electron chi connectivity index (χ0n) is 12.3. The van der Waals surface area contributed by atoms with Crippen molar-refractivity contribution in [2.45, 2.75) is 64.9 Å². The van der Waals surface area contributed by atoms with Crippen molar-refractivity contribution < 1.29 is 4.74 Å². The van der Waals surface area contributed by atoms with Crippen LogP contribution in [0, 0.1) is 0 Å². The van der Waals surface area contributed by atoms with E-state index in [2.05, 4.69) is 36.1 Å². The molecule has 0 amide bonds. The highest BCUT2D eigenvalue weighted by atomic mass is 16.5. The molecule has 0 bridgehead atoms. The molecule has 0 saturated heterocycles. The van der Waals surface area contributed by atoms with Gasteiger partial charge in [0.15, 0.2) is 0 Å². The number of aromatic nitrogens is 2. The van der Waals surface area contributed by atoms with Crippen molar-refractivity contribution in [3.8, 4) is 5.88 Å². The Hall–Kier alpha value is -1.32. The van der Waals surface area contributed by atoms with E-state index in [9.17, 15) is 0 Å². The van der Waals surface area contributed by atoms with Crippen LogP contribution in [0.15, 0.2) is 6.07 Å². The summed E-state index contributed by atoms with van der Waals surface area (Å²) in [5, 5.41) is 3.32. The third-order valence-corrected chi connectivity index (χ3v) is 3.38. The van der Waals surface area contributed by atoms with Crippen LogP contribution >= 0.6 is 0 Å². The zero-order valence-corrected chi connectivity index (χ0v) is 12.3. The number of hydrogen-bond acceptors (Lipinski definition) is 4. The molecule has 2 rings (SSSR count). The zero-order chi connectivity index (χ0) is 13.7. The first-order valence-corrected chi connectivity index (χ1v) is 7.48. The molecule has 1 aliphatic carbocycles. The van der Waals surface area contributed by atoms with Crippen molar-refractivity contribution in [1.82, 2.24) is 9.97 Å². The molecule has 1 aliphatic rings. The van der Waals surface area contributed by atoms with Gasteiger partial charge in [-0.1, -0.05) is 20.8 Å². The van der Waals surface area contributed by atoms with Crippen LogP contribution in [-0.2, 0) is 0 Å². The average molecular weight is 263 g/mol. The van der Waals surface area contributed by atoms with Gasteiger partial charge in [-0.2, -0.15) is 4.98 Å². The fraction of sp³-hybridized carbons (Fsp3) is 0.733. The molecular formula is C15H25N3O. The molecular weight excluding hydrogens is 238 g/mol. The summed E-state index contributed by atoms with van der Waals surface area (Å²) in [6.07, 6.45) is 6.27. The first-order valence-electron chi connectivity index (χ1n) is 7.48. The predicted molar refractivity (Wildman–Crippen MR) is 77.8 cm³/mol. The maximum Gasteiger partial charge on any atom is 0.219 e. The number of anilines is 1. The van der Waals surface area contributed by atoms with E-state index in [0.717, 1.165) is 43.3 Å². The van der Waals surface area contributed by atoms with E-state index < -0.39 is 0 Å². The molecule has 0 radical (unpaired) electrons. The van der Waals surface area contributed by atoms with E-state index >= 15 is 0 Å².